The van der Waals surface area contributed by atoms with Crippen molar-refractivity contribution in [2.24, 2.45) is 13.0 Å². The molecule has 4 heterocycles. The van der Waals surface area contributed by atoms with Crippen LogP contribution in [0, 0.1) is 12.8 Å². The molecule has 0 radical (unpaired) electrons. The molecule has 0 N–H and O–H groups in total. The number of hydrogen-bond acceptors (Lipinski definition) is 4. The quantitative estimate of drug-likeness (QED) is 0.760. The van der Waals surface area contributed by atoms with E-state index in [1.807, 2.05) is 11.7 Å². The summed E-state index contributed by atoms with van der Waals surface area (Å²) in [6.07, 6.45) is 6.73. The van der Waals surface area contributed by atoms with Gasteiger partial charge in [-0.2, -0.15) is 5.10 Å². The fourth-order valence-electron chi connectivity index (χ4n) is 5.68. The minimum Gasteiger partial charge on any atom is -0.381 e. The number of piperidine rings is 1. The molecule has 3 saturated heterocycles. The summed E-state index contributed by atoms with van der Waals surface area (Å²) in [7, 11) is 2.03. The molecule has 0 atom stereocenters. The van der Waals surface area contributed by atoms with Gasteiger partial charge in [0.05, 0.1) is 16.9 Å². The summed E-state index contributed by atoms with van der Waals surface area (Å²) in [5, 5.41) is 4.48. The third kappa shape index (κ3) is 3.79. The molecule has 4 fully saturated rings. The van der Waals surface area contributed by atoms with Crippen LogP contribution in [0.1, 0.15) is 49.9 Å². The lowest BCUT2D eigenvalue weighted by molar-refractivity contribution is -0.0168. The van der Waals surface area contributed by atoms with Crippen LogP contribution in [-0.4, -0.2) is 81.5 Å². The van der Waals surface area contributed by atoms with E-state index in [-0.39, 0.29) is 5.54 Å². The number of hydrogen-bond donors (Lipinski definition) is 0. The van der Waals surface area contributed by atoms with Gasteiger partial charge in [-0.15, -0.1) is 0 Å². The number of carbonyl (C=O) groups excluding carboxylic acids is 1. The van der Waals surface area contributed by atoms with Crippen molar-refractivity contribution >= 4 is 6.03 Å². The highest BCUT2D eigenvalue weighted by atomic mass is 16.5. The van der Waals surface area contributed by atoms with Crippen molar-refractivity contribution in [2.75, 3.05) is 39.4 Å². The Morgan fingerprint density at radius 3 is 2.52 bits per heavy atom. The van der Waals surface area contributed by atoms with Crippen LogP contribution in [-0.2, 0) is 18.3 Å². The predicted octanol–water partition coefficient (Wildman–Crippen LogP) is 2.39. The van der Waals surface area contributed by atoms with E-state index in [0.29, 0.717) is 12.1 Å². The Labute approximate surface area is 174 Å². The summed E-state index contributed by atoms with van der Waals surface area (Å²) < 4.78 is 7.68. The molecule has 7 nitrogen and oxygen atoms in total. The molecule has 0 unspecified atom stereocenters. The van der Waals surface area contributed by atoms with Crippen LogP contribution in [0.2, 0.25) is 0 Å². The number of aromatic nitrogens is 2. The zero-order chi connectivity index (χ0) is 20.0. The second-order valence-electron chi connectivity index (χ2n) is 9.72. The van der Waals surface area contributed by atoms with Gasteiger partial charge in [-0.05, 0) is 57.4 Å². The first-order valence-corrected chi connectivity index (χ1v) is 11.4. The first-order valence-electron chi connectivity index (χ1n) is 11.4. The van der Waals surface area contributed by atoms with Crippen molar-refractivity contribution in [1.82, 2.24) is 24.5 Å². The highest BCUT2D eigenvalue weighted by Crippen LogP contribution is 2.41. The lowest BCUT2D eigenvalue weighted by Gasteiger charge is -2.46. The Morgan fingerprint density at radius 1 is 1.17 bits per heavy atom. The maximum absolute atomic E-state index is 13.4. The van der Waals surface area contributed by atoms with Gasteiger partial charge in [0, 0.05) is 59.0 Å². The van der Waals surface area contributed by atoms with E-state index in [0.717, 1.165) is 83.2 Å². The van der Waals surface area contributed by atoms with Crippen LogP contribution in [0.5, 0.6) is 0 Å². The Balaban J connectivity index is 1.26. The summed E-state index contributed by atoms with van der Waals surface area (Å²) in [6, 6.07) is 2.86. The molecule has 1 spiro atoms. The molecule has 2 amide bonds. The molecule has 1 aromatic heterocycles. The van der Waals surface area contributed by atoms with Crippen molar-refractivity contribution in [3.8, 4) is 0 Å². The number of urea groups is 1. The van der Waals surface area contributed by atoms with Gasteiger partial charge in [-0.25, -0.2) is 4.79 Å². The van der Waals surface area contributed by atoms with Crippen molar-refractivity contribution in [3.05, 3.63) is 17.5 Å². The Kier molecular flexibility index (Phi) is 5.06. The Morgan fingerprint density at radius 2 is 1.90 bits per heavy atom. The Bertz CT molecular complexity index is 744. The van der Waals surface area contributed by atoms with Gasteiger partial charge in [0.25, 0.3) is 0 Å². The largest absolute Gasteiger partial charge is 0.381 e. The molecule has 160 valence electrons. The van der Waals surface area contributed by atoms with Crippen LogP contribution in [0.3, 0.4) is 0 Å². The number of rotatable bonds is 5. The first-order chi connectivity index (χ1) is 14.0. The number of likely N-dealkylation sites (tertiary alicyclic amines) is 1. The number of aryl methyl sites for hydroxylation is 2. The lowest BCUT2D eigenvalue weighted by atomic mass is 9.86. The van der Waals surface area contributed by atoms with E-state index in [1.54, 1.807) is 0 Å². The zero-order valence-corrected chi connectivity index (χ0v) is 18.0. The smallest absolute Gasteiger partial charge is 0.320 e. The molecule has 0 aromatic carbocycles. The van der Waals surface area contributed by atoms with E-state index >= 15 is 0 Å². The summed E-state index contributed by atoms with van der Waals surface area (Å²) in [4.78, 5) is 20.5. The SMILES string of the molecule is Cc1cc(CN2CCC(N3C(=O)N(CC4CC4)CC34CCOCC4)CC2)n(C)n1. The zero-order valence-electron chi connectivity index (χ0n) is 18.0. The average molecular weight is 402 g/mol. The van der Waals surface area contributed by atoms with Crippen molar-refractivity contribution in [1.29, 1.82) is 0 Å². The third-order valence-electron chi connectivity index (χ3n) is 7.48. The van der Waals surface area contributed by atoms with Gasteiger partial charge < -0.3 is 14.5 Å². The predicted molar refractivity (Wildman–Crippen MR) is 111 cm³/mol. The molecule has 1 aliphatic carbocycles. The van der Waals surface area contributed by atoms with Gasteiger partial charge >= 0.3 is 6.03 Å². The maximum atomic E-state index is 13.4. The molecular weight excluding hydrogens is 366 g/mol. The Hall–Kier alpha value is -1.60. The second-order valence-corrected chi connectivity index (χ2v) is 9.72. The minimum absolute atomic E-state index is 0.0101. The number of amides is 2. The second kappa shape index (κ2) is 7.58. The van der Waals surface area contributed by atoms with E-state index in [9.17, 15) is 4.79 Å². The van der Waals surface area contributed by atoms with Crippen LogP contribution in [0.15, 0.2) is 6.07 Å². The lowest BCUT2D eigenvalue weighted by Crippen LogP contribution is -2.57. The molecule has 7 heteroatoms. The highest BCUT2D eigenvalue weighted by molar-refractivity contribution is 5.78. The standard InChI is InChI=1S/C22H35N5O2/c1-17-13-20(24(2)23-17)15-25-9-5-19(6-10-25)27-21(28)26(14-18-3-4-18)16-22(27)7-11-29-12-8-22/h13,18-19H,3-12,14-16H2,1-2H3. The summed E-state index contributed by atoms with van der Waals surface area (Å²) in [5.74, 6) is 0.750. The topological polar surface area (TPSA) is 53.8 Å². The molecule has 1 aromatic rings. The molecule has 1 saturated carbocycles. The van der Waals surface area contributed by atoms with Gasteiger partial charge in [0.2, 0.25) is 0 Å². The monoisotopic (exact) mass is 401 g/mol. The number of ether oxygens (including phenoxy) is 1. The average Bonchev–Trinajstić information content (AvgIpc) is 3.41. The number of carbonyl (C=O) groups is 1. The molecule has 29 heavy (non-hydrogen) atoms. The van der Waals surface area contributed by atoms with E-state index in [4.69, 9.17) is 4.74 Å². The van der Waals surface area contributed by atoms with Crippen LogP contribution in [0.4, 0.5) is 4.79 Å². The van der Waals surface area contributed by atoms with Gasteiger partial charge in [0.1, 0.15) is 0 Å². The summed E-state index contributed by atoms with van der Waals surface area (Å²) in [5.41, 5.74) is 2.36. The number of nitrogens with zero attached hydrogens (tertiary/aromatic N) is 5. The highest BCUT2D eigenvalue weighted by Gasteiger charge is 2.53. The molecule has 5 rings (SSSR count). The fraction of sp³-hybridized carbons (Fsp3) is 0.818. The van der Waals surface area contributed by atoms with Gasteiger partial charge in [0.15, 0.2) is 0 Å². The van der Waals surface area contributed by atoms with Crippen LogP contribution >= 0.6 is 0 Å². The fourth-order valence-corrected chi connectivity index (χ4v) is 5.68. The first kappa shape index (κ1) is 19.4. The van der Waals surface area contributed by atoms with E-state index in [2.05, 4.69) is 32.8 Å². The third-order valence-corrected chi connectivity index (χ3v) is 7.48. The molecular formula is C22H35N5O2. The maximum Gasteiger partial charge on any atom is 0.320 e. The van der Waals surface area contributed by atoms with Crippen molar-refractivity contribution < 1.29 is 9.53 Å². The van der Waals surface area contributed by atoms with Crippen LogP contribution in [0.25, 0.3) is 0 Å². The molecule has 0 bridgehead atoms. The normalized spacial score (nSPS) is 26.1. The minimum atomic E-state index is 0.0101. The molecule has 4 aliphatic rings. The van der Waals surface area contributed by atoms with E-state index < -0.39 is 0 Å². The summed E-state index contributed by atoms with van der Waals surface area (Å²) in [6.45, 7) is 8.57. The van der Waals surface area contributed by atoms with Crippen molar-refractivity contribution in [2.45, 2.75) is 63.6 Å². The summed E-state index contributed by atoms with van der Waals surface area (Å²) >= 11 is 0. The van der Waals surface area contributed by atoms with E-state index in [1.165, 1.54) is 18.5 Å². The van der Waals surface area contributed by atoms with Crippen molar-refractivity contribution in [3.63, 3.8) is 0 Å². The van der Waals surface area contributed by atoms with Gasteiger partial charge in [-0.1, -0.05) is 0 Å². The van der Waals surface area contributed by atoms with Crippen LogP contribution < -0.4 is 0 Å². The van der Waals surface area contributed by atoms with Gasteiger partial charge in [-0.3, -0.25) is 9.58 Å². The molecule has 3 aliphatic heterocycles.